The lowest BCUT2D eigenvalue weighted by molar-refractivity contribution is 0.442. The molecule has 6 rings (SSSR count). The highest BCUT2D eigenvalue weighted by Gasteiger charge is 2.33. The summed E-state index contributed by atoms with van der Waals surface area (Å²) in [6, 6.07) is 23.3. The Morgan fingerprint density at radius 1 is 0.402 bits per heavy atom. The Bertz CT molecular complexity index is 3060. The summed E-state index contributed by atoms with van der Waals surface area (Å²) in [5, 5.41) is 0. The molecular weight excluding hydrogens is 1030 g/mol. The molecule has 6 heteroatoms. The van der Waals surface area contributed by atoms with Gasteiger partial charge in [0, 0.05) is 19.6 Å². The predicted molar refractivity (Wildman–Crippen MR) is 371 cm³/mol. The van der Waals surface area contributed by atoms with Gasteiger partial charge in [-0.2, -0.15) is 0 Å². The number of allylic oxidation sites excluding steroid dienone is 8. The molecule has 0 saturated heterocycles. The molecule has 2 heterocycles. The van der Waals surface area contributed by atoms with Crippen LogP contribution in [-0.2, 0) is 21.7 Å². The second-order valence-electron chi connectivity index (χ2n) is 29.4. The maximum Gasteiger partial charge on any atom is 0.0708 e. The number of rotatable bonds is 17. The maximum absolute atomic E-state index is 5.77. The van der Waals surface area contributed by atoms with E-state index in [2.05, 4.69) is 272 Å². The summed E-state index contributed by atoms with van der Waals surface area (Å²) in [7, 11) is 0. The Morgan fingerprint density at radius 2 is 0.683 bits per heavy atom. The molecule has 4 aromatic rings. The Labute approximate surface area is 509 Å². The van der Waals surface area contributed by atoms with Gasteiger partial charge in [-0.25, -0.2) is 0 Å². The molecule has 0 fully saturated rings. The molecule has 0 bridgehead atoms. The Morgan fingerprint density at radius 3 is 0.988 bits per heavy atom. The van der Waals surface area contributed by atoms with Crippen LogP contribution in [0.4, 0.5) is 22.7 Å². The van der Waals surface area contributed by atoms with Gasteiger partial charge in [0.15, 0.2) is 0 Å². The SMILES string of the molecule is C/C(=N\c1c(C(C)C)cc(C(C)C)cc1C(C)C)C1=CC(CC(C)(C)c2cccc(C(C)(C)C)c2/N=C(\C)C2=CCC=C(/C(C)=N/c3c(C(C)(C)C)cccc3C(C)(C)C)S2)C=C(/C(C)=N/c2c(C(C)C)cc(C(C)C)cc2C(C)C)S1. The number of aliphatic imine (C=N–C) groups is 4. The highest BCUT2D eigenvalue weighted by Crippen LogP contribution is 2.49. The first-order valence-electron chi connectivity index (χ1n) is 31.0. The van der Waals surface area contributed by atoms with E-state index in [1.165, 1.54) is 75.3 Å². The molecule has 4 nitrogen and oxygen atoms in total. The summed E-state index contributed by atoms with van der Waals surface area (Å²) in [5.74, 6) is 2.29. The predicted octanol–water partition coefficient (Wildman–Crippen LogP) is 24.5. The summed E-state index contributed by atoms with van der Waals surface area (Å²) < 4.78 is 0. The lowest BCUT2D eigenvalue weighted by atomic mass is 9.73. The molecule has 2 aliphatic rings. The lowest BCUT2D eigenvalue weighted by Gasteiger charge is -2.34. The van der Waals surface area contributed by atoms with Crippen molar-refractivity contribution in [2.45, 2.75) is 257 Å². The van der Waals surface area contributed by atoms with Gasteiger partial charge in [0.05, 0.1) is 45.6 Å². The van der Waals surface area contributed by atoms with Crippen LogP contribution >= 0.6 is 23.5 Å². The van der Waals surface area contributed by atoms with Crippen LogP contribution < -0.4 is 0 Å². The zero-order valence-electron chi connectivity index (χ0n) is 56.1. The first kappa shape index (κ1) is 66.4. The van der Waals surface area contributed by atoms with Gasteiger partial charge in [-0.15, -0.1) is 0 Å². The highest BCUT2D eigenvalue weighted by molar-refractivity contribution is 8.08. The molecule has 442 valence electrons. The number of nitrogens with zero attached hydrogens (tertiary/aromatic N) is 4. The van der Waals surface area contributed by atoms with Crippen LogP contribution in [0.1, 0.15) is 291 Å². The maximum atomic E-state index is 5.77. The molecule has 0 atom stereocenters. The minimum absolute atomic E-state index is 0.0476. The number of para-hydroxylation sites is 2. The van der Waals surface area contributed by atoms with E-state index in [1.807, 2.05) is 23.5 Å². The van der Waals surface area contributed by atoms with Crippen molar-refractivity contribution in [1.82, 2.24) is 0 Å². The van der Waals surface area contributed by atoms with Gasteiger partial charge in [0.25, 0.3) is 0 Å². The third-order valence-corrected chi connectivity index (χ3v) is 19.2. The van der Waals surface area contributed by atoms with E-state index in [0.717, 1.165) is 58.4 Å². The van der Waals surface area contributed by atoms with Crippen molar-refractivity contribution in [3.05, 3.63) is 160 Å². The van der Waals surface area contributed by atoms with Crippen molar-refractivity contribution in [3.8, 4) is 0 Å². The minimum atomic E-state index is -0.287. The summed E-state index contributed by atoms with van der Waals surface area (Å²) in [6.45, 7) is 62.2. The average Bonchev–Trinajstić information content (AvgIpc) is 3.58. The molecule has 0 aliphatic carbocycles. The molecular formula is C76H106N4S2. The van der Waals surface area contributed by atoms with Gasteiger partial charge in [-0.3, -0.25) is 20.0 Å². The van der Waals surface area contributed by atoms with Crippen molar-refractivity contribution in [3.63, 3.8) is 0 Å². The lowest BCUT2D eigenvalue weighted by Crippen LogP contribution is -2.24. The van der Waals surface area contributed by atoms with Crippen LogP contribution in [0.2, 0.25) is 0 Å². The zero-order chi connectivity index (χ0) is 61.3. The molecule has 0 saturated carbocycles. The normalized spacial score (nSPS) is 16.8. The molecule has 0 unspecified atom stereocenters. The van der Waals surface area contributed by atoms with E-state index in [9.17, 15) is 0 Å². The van der Waals surface area contributed by atoms with Crippen LogP contribution in [0, 0.1) is 5.92 Å². The monoisotopic (exact) mass is 1140 g/mol. The minimum Gasteiger partial charge on any atom is -0.252 e. The first-order valence-corrected chi connectivity index (χ1v) is 32.6. The highest BCUT2D eigenvalue weighted by atomic mass is 32.2. The average molecular weight is 1140 g/mol. The van der Waals surface area contributed by atoms with Crippen LogP contribution in [0.3, 0.4) is 0 Å². The molecule has 0 radical (unpaired) electrons. The number of hydrogen-bond donors (Lipinski definition) is 0. The quantitative estimate of drug-likeness (QED) is 0.0990. The fourth-order valence-electron chi connectivity index (χ4n) is 11.4. The summed E-state index contributed by atoms with van der Waals surface area (Å²) >= 11 is 3.65. The van der Waals surface area contributed by atoms with E-state index in [4.69, 9.17) is 20.0 Å². The fourth-order valence-corrected chi connectivity index (χ4v) is 13.5. The van der Waals surface area contributed by atoms with Crippen molar-refractivity contribution in [1.29, 1.82) is 0 Å². The van der Waals surface area contributed by atoms with Gasteiger partial charge in [0.1, 0.15) is 0 Å². The molecule has 0 N–H and O–H groups in total. The van der Waals surface area contributed by atoms with Crippen molar-refractivity contribution in [2.75, 3.05) is 0 Å². The van der Waals surface area contributed by atoms with Crippen LogP contribution in [0.5, 0.6) is 0 Å². The van der Waals surface area contributed by atoms with Gasteiger partial charge in [0.2, 0.25) is 0 Å². The van der Waals surface area contributed by atoms with E-state index in [1.54, 1.807) is 0 Å². The summed E-state index contributed by atoms with van der Waals surface area (Å²) in [4.78, 5) is 27.5. The number of hydrogen-bond acceptors (Lipinski definition) is 6. The molecule has 0 aromatic heterocycles. The van der Waals surface area contributed by atoms with Crippen LogP contribution in [-0.4, -0.2) is 22.8 Å². The second kappa shape index (κ2) is 26.2. The first-order chi connectivity index (χ1) is 37.9. The topological polar surface area (TPSA) is 49.4 Å². The fraction of sp³-hybridized carbons (Fsp3) is 0.526. The van der Waals surface area contributed by atoms with E-state index < -0.39 is 0 Å². The zero-order valence-corrected chi connectivity index (χ0v) is 57.8. The number of benzene rings is 4. The van der Waals surface area contributed by atoms with Crippen LogP contribution in [0.15, 0.2) is 125 Å². The molecule has 2 aliphatic heterocycles. The standard InChI is InChI=1S/C76H106N4S2/c1-44(2)55-39-57(46(5)6)69(58(40-55)47(7)8)77-52(15)67-37-54(38-68(82-67)53(16)78-70-59(48(9)10)41-56(45(3)4)42-60(70)49(11)12)43-76(26,27)64-34-29-33-63(75(23,24)25)72(64)80-51(14)66-36-30-35-65(81-66)50(13)79-71-61(73(17,18)19)31-28-32-62(71)74(20,21)22/h28-29,31-42,44-49,54H,30,43H2,1-27H3/b77-52+,78-53+,79-50+,80-51+. The smallest absolute Gasteiger partial charge is 0.0708 e. The molecule has 82 heavy (non-hydrogen) atoms. The number of thioether (sulfide) groups is 2. The third-order valence-electron chi connectivity index (χ3n) is 16.5. The van der Waals surface area contributed by atoms with E-state index in [0.29, 0.717) is 35.5 Å². The Hall–Kier alpha value is -4.78. The van der Waals surface area contributed by atoms with Gasteiger partial charge >= 0.3 is 0 Å². The summed E-state index contributed by atoms with van der Waals surface area (Å²) in [5.41, 5.74) is 21.3. The Balaban J connectivity index is 1.49. The van der Waals surface area contributed by atoms with Gasteiger partial charge in [-0.1, -0.05) is 268 Å². The second-order valence-corrected chi connectivity index (χ2v) is 31.5. The molecule has 0 amide bonds. The van der Waals surface area contributed by atoms with Gasteiger partial charge < -0.3 is 0 Å². The van der Waals surface area contributed by atoms with Crippen molar-refractivity contribution in [2.24, 2.45) is 25.9 Å². The van der Waals surface area contributed by atoms with E-state index >= 15 is 0 Å². The Kier molecular flexibility index (Phi) is 21.2. The molecule has 4 aromatic carbocycles. The van der Waals surface area contributed by atoms with Crippen molar-refractivity contribution < 1.29 is 0 Å². The summed E-state index contributed by atoms with van der Waals surface area (Å²) in [6.07, 6.45) is 11.4. The largest absolute Gasteiger partial charge is 0.252 e. The molecule has 0 spiro atoms. The van der Waals surface area contributed by atoms with Gasteiger partial charge in [-0.05, 0) is 159 Å². The third kappa shape index (κ3) is 15.7. The van der Waals surface area contributed by atoms with Crippen LogP contribution in [0.25, 0.3) is 0 Å². The van der Waals surface area contributed by atoms with Crippen molar-refractivity contribution >= 4 is 69.1 Å². The van der Waals surface area contributed by atoms with E-state index in [-0.39, 0.29) is 27.6 Å².